The van der Waals surface area contributed by atoms with E-state index >= 15 is 0 Å². The van der Waals surface area contributed by atoms with Gasteiger partial charge in [-0.25, -0.2) is 4.39 Å². The van der Waals surface area contributed by atoms with Crippen LogP contribution in [0.5, 0.6) is 0 Å². The maximum atomic E-state index is 13.7. The molecular formula is C17H25FN2. The molecule has 20 heavy (non-hydrogen) atoms. The second-order valence-corrected chi connectivity index (χ2v) is 6.67. The van der Waals surface area contributed by atoms with E-state index in [1.54, 1.807) is 0 Å². The number of hydrogen-bond acceptors (Lipinski definition) is 2. The molecule has 0 radical (unpaired) electrons. The van der Waals surface area contributed by atoms with Crippen molar-refractivity contribution in [1.29, 1.82) is 0 Å². The van der Waals surface area contributed by atoms with Crippen molar-refractivity contribution >= 4 is 0 Å². The van der Waals surface area contributed by atoms with Gasteiger partial charge in [-0.3, -0.25) is 4.90 Å². The zero-order valence-electron chi connectivity index (χ0n) is 12.6. The smallest absolute Gasteiger partial charge is 0.129 e. The summed E-state index contributed by atoms with van der Waals surface area (Å²) in [7, 11) is 0. The lowest BCUT2D eigenvalue weighted by molar-refractivity contribution is 0.129. The first kappa shape index (κ1) is 14.0. The Balaban J connectivity index is 1.71. The highest BCUT2D eigenvalue weighted by atomic mass is 19.1. The molecule has 1 aromatic carbocycles. The molecule has 1 aromatic rings. The second kappa shape index (κ2) is 5.45. The van der Waals surface area contributed by atoms with Crippen LogP contribution in [-0.2, 0) is 6.54 Å². The fourth-order valence-electron chi connectivity index (χ4n) is 3.95. The molecule has 1 spiro atoms. The van der Waals surface area contributed by atoms with Gasteiger partial charge in [-0.05, 0) is 43.4 Å². The number of hydrogen-bond donors (Lipinski definition) is 1. The molecule has 1 saturated heterocycles. The van der Waals surface area contributed by atoms with Gasteiger partial charge in [0.2, 0.25) is 0 Å². The van der Waals surface area contributed by atoms with E-state index in [2.05, 4.69) is 10.2 Å². The van der Waals surface area contributed by atoms with Gasteiger partial charge in [-0.1, -0.05) is 25.0 Å². The Morgan fingerprint density at radius 2 is 1.85 bits per heavy atom. The maximum absolute atomic E-state index is 13.7. The molecule has 1 heterocycles. The molecule has 1 aliphatic heterocycles. The molecule has 110 valence electrons. The van der Waals surface area contributed by atoms with Crippen LogP contribution in [0.2, 0.25) is 0 Å². The van der Waals surface area contributed by atoms with Crippen LogP contribution < -0.4 is 5.32 Å². The Bertz CT molecular complexity index is 469. The Morgan fingerprint density at radius 3 is 2.50 bits per heavy atom. The number of nitrogens with zero attached hydrogens (tertiary/aromatic N) is 1. The van der Waals surface area contributed by atoms with Crippen molar-refractivity contribution in [3.05, 3.63) is 34.6 Å². The third-order valence-electron chi connectivity index (χ3n) is 4.92. The van der Waals surface area contributed by atoms with Gasteiger partial charge < -0.3 is 5.32 Å². The van der Waals surface area contributed by atoms with Gasteiger partial charge >= 0.3 is 0 Å². The van der Waals surface area contributed by atoms with Gasteiger partial charge in [-0.15, -0.1) is 0 Å². The van der Waals surface area contributed by atoms with E-state index in [4.69, 9.17) is 0 Å². The lowest BCUT2D eigenvalue weighted by Crippen LogP contribution is -2.58. The molecule has 1 saturated carbocycles. The number of halogens is 1. The van der Waals surface area contributed by atoms with Crippen LogP contribution in [0.15, 0.2) is 12.1 Å². The second-order valence-electron chi connectivity index (χ2n) is 6.67. The van der Waals surface area contributed by atoms with E-state index in [1.165, 1.54) is 31.2 Å². The molecule has 3 rings (SSSR count). The van der Waals surface area contributed by atoms with Crippen molar-refractivity contribution in [2.75, 3.05) is 19.6 Å². The minimum atomic E-state index is -0.0543. The van der Waals surface area contributed by atoms with E-state index in [1.807, 2.05) is 26.0 Å². The number of nitrogens with one attached hydrogen (secondary N) is 1. The predicted octanol–water partition coefficient (Wildman–Crippen LogP) is 3.16. The van der Waals surface area contributed by atoms with E-state index in [-0.39, 0.29) is 5.82 Å². The number of benzene rings is 1. The van der Waals surface area contributed by atoms with Crippen molar-refractivity contribution in [2.45, 2.75) is 51.6 Å². The molecule has 1 N–H and O–H groups in total. The van der Waals surface area contributed by atoms with Crippen LogP contribution in [0.4, 0.5) is 4.39 Å². The summed E-state index contributed by atoms with van der Waals surface area (Å²) < 4.78 is 13.7. The average molecular weight is 276 g/mol. The van der Waals surface area contributed by atoms with Gasteiger partial charge in [-0.2, -0.15) is 0 Å². The molecule has 3 heteroatoms. The molecule has 0 bridgehead atoms. The summed E-state index contributed by atoms with van der Waals surface area (Å²) >= 11 is 0. The lowest BCUT2D eigenvalue weighted by Gasteiger charge is -2.41. The molecule has 2 fully saturated rings. The highest BCUT2D eigenvalue weighted by Crippen LogP contribution is 2.32. The molecular weight excluding hydrogens is 251 g/mol. The van der Waals surface area contributed by atoms with E-state index in [0.29, 0.717) is 5.54 Å². The summed E-state index contributed by atoms with van der Waals surface area (Å²) in [6.07, 6.45) is 5.33. The third-order valence-corrected chi connectivity index (χ3v) is 4.92. The number of piperazine rings is 1. The highest BCUT2D eigenvalue weighted by Gasteiger charge is 2.37. The van der Waals surface area contributed by atoms with Crippen molar-refractivity contribution in [3.8, 4) is 0 Å². The van der Waals surface area contributed by atoms with Gasteiger partial charge in [0.1, 0.15) is 5.82 Å². The largest absolute Gasteiger partial charge is 0.309 e. The summed E-state index contributed by atoms with van der Waals surface area (Å²) in [5, 5.41) is 3.74. The quantitative estimate of drug-likeness (QED) is 0.892. The molecule has 2 nitrogen and oxygen atoms in total. The van der Waals surface area contributed by atoms with E-state index < -0.39 is 0 Å². The minimum Gasteiger partial charge on any atom is -0.309 e. The Kier molecular flexibility index (Phi) is 3.83. The standard InChI is InChI=1S/C17H25FN2/c1-13-9-15(10-14(2)16(13)18)11-20-8-7-19-17(12-20)5-3-4-6-17/h9-10,19H,3-8,11-12H2,1-2H3. The minimum absolute atomic E-state index is 0.0543. The fraction of sp³-hybridized carbons (Fsp3) is 0.647. The lowest BCUT2D eigenvalue weighted by atomic mass is 9.94. The first-order valence-electron chi connectivity index (χ1n) is 7.81. The Morgan fingerprint density at radius 1 is 1.20 bits per heavy atom. The molecule has 0 unspecified atom stereocenters. The number of rotatable bonds is 2. The average Bonchev–Trinajstić information content (AvgIpc) is 2.84. The molecule has 0 atom stereocenters. The number of aryl methyl sites for hydroxylation is 2. The van der Waals surface area contributed by atoms with Crippen molar-refractivity contribution < 1.29 is 4.39 Å². The van der Waals surface area contributed by atoms with Crippen LogP contribution in [0.25, 0.3) is 0 Å². The SMILES string of the molecule is Cc1cc(CN2CCNC3(CCCC3)C2)cc(C)c1F. The fourth-order valence-corrected chi connectivity index (χ4v) is 3.95. The van der Waals surface area contributed by atoms with Crippen LogP contribution >= 0.6 is 0 Å². The zero-order chi connectivity index (χ0) is 14.2. The topological polar surface area (TPSA) is 15.3 Å². The van der Waals surface area contributed by atoms with Gasteiger partial charge in [0.25, 0.3) is 0 Å². The molecule has 1 aliphatic carbocycles. The van der Waals surface area contributed by atoms with Gasteiger partial charge in [0.15, 0.2) is 0 Å². The Hall–Kier alpha value is -0.930. The summed E-state index contributed by atoms with van der Waals surface area (Å²) in [4.78, 5) is 2.54. The highest BCUT2D eigenvalue weighted by molar-refractivity contribution is 5.30. The van der Waals surface area contributed by atoms with Crippen molar-refractivity contribution in [1.82, 2.24) is 10.2 Å². The van der Waals surface area contributed by atoms with Crippen molar-refractivity contribution in [2.24, 2.45) is 0 Å². The molecule has 2 aliphatic rings. The van der Waals surface area contributed by atoms with Crippen molar-refractivity contribution in [3.63, 3.8) is 0 Å². The van der Waals surface area contributed by atoms with Crippen LogP contribution in [0.1, 0.15) is 42.4 Å². The summed E-state index contributed by atoms with van der Waals surface area (Å²) in [6, 6.07) is 4.01. The van der Waals surface area contributed by atoms with Crippen LogP contribution in [-0.4, -0.2) is 30.1 Å². The first-order chi connectivity index (χ1) is 9.58. The third kappa shape index (κ3) is 2.75. The van der Waals surface area contributed by atoms with Crippen LogP contribution in [0.3, 0.4) is 0 Å². The normalized spacial score (nSPS) is 22.6. The zero-order valence-corrected chi connectivity index (χ0v) is 12.6. The van der Waals surface area contributed by atoms with Gasteiger partial charge in [0.05, 0.1) is 0 Å². The monoisotopic (exact) mass is 276 g/mol. The summed E-state index contributed by atoms with van der Waals surface area (Å²) in [5.41, 5.74) is 3.15. The predicted molar refractivity (Wildman–Crippen MR) is 80.4 cm³/mol. The van der Waals surface area contributed by atoms with Crippen LogP contribution in [0, 0.1) is 19.7 Å². The summed E-state index contributed by atoms with van der Waals surface area (Å²) in [6.45, 7) is 7.99. The van der Waals surface area contributed by atoms with E-state index in [9.17, 15) is 4.39 Å². The van der Waals surface area contributed by atoms with Gasteiger partial charge in [0, 0.05) is 31.7 Å². The first-order valence-corrected chi connectivity index (χ1v) is 7.81. The van der Waals surface area contributed by atoms with E-state index in [0.717, 1.165) is 37.3 Å². The Labute approximate surface area is 121 Å². The summed E-state index contributed by atoms with van der Waals surface area (Å²) in [5.74, 6) is -0.0543. The molecule has 0 aromatic heterocycles. The maximum Gasteiger partial charge on any atom is 0.129 e. The molecule has 0 amide bonds.